The van der Waals surface area contributed by atoms with Gasteiger partial charge in [0.05, 0.1) is 18.4 Å². The first kappa shape index (κ1) is 12.0. The summed E-state index contributed by atoms with van der Waals surface area (Å²) in [4.78, 5) is 14.2. The van der Waals surface area contributed by atoms with Crippen molar-refractivity contribution in [1.82, 2.24) is 9.47 Å². The predicted molar refractivity (Wildman–Crippen MR) is 65.8 cm³/mol. The van der Waals surface area contributed by atoms with Gasteiger partial charge in [-0.05, 0) is 19.9 Å². The molecule has 94 valence electrons. The molecule has 1 aromatic rings. The molecule has 2 rings (SSSR count). The maximum Gasteiger partial charge on any atom is 0.270 e. The highest BCUT2D eigenvalue weighted by atomic mass is 16.5. The zero-order chi connectivity index (χ0) is 12.4. The maximum atomic E-state index is 12.3. The van der Waals surface area contributed by atoms with Gasteiger partial charge in [0.2, 0.25) is 0 Å². The van der Waals surface area contributed by atoms with Crippen LogP contribution in [-0.4, -0.2) is 41.2 Å². The van der Waals surface area contributed by atoms with E-state index in [2.05, 4.69) is 0 Å². The molecule has 1 atom stereocenters. The predicted octanol–water partition coefficient (Wildman–Crippen LogP) is 0.951. The van der Waals surface area contributed by atoms with E-state index < -0.39 is 0 Å². The number of nitrogens with two attached hydrogens (primary N) is 1. The lowest BCUT2D eigenvalue weighted by Crippen LogP contribution is -2.45. The smallest absolute Gasteiger partial charge is 0.270 e. The zero-order valence-corrected chi connectivity index (χ0v) is 10.3. The Morgan fingerprint density at radius 1 is 1.65 bits per heavy atom. The number of rotatable bonds is 2. The SMILES string of the molecule is CCn1cc(N)cc1C(=O)N1CCOC(C)C1. The van der Waals surface area contributed by atoms with E-state index in [1.165, 1.54) is 0 Å². The summed E-state index contributed by atoms with van der Waals surface area (Å²) in [7, 11) is 0. The molecule has 1 fully saturated rings. The van der Waals surface area contributed by atoms with Crippen LogP contribution in [0.3, 0.4) is 0 Å². The Morgan fingerprint density at radius 3 is 3.06 bits per heavy atom. The number of morpholine rings is 1. The number of amides is 1. The Hall–Kier alpha value is -1.49. The lowest BCUT2D eigenvalue weighted by atomic mass is 10.2. The summed E-state index contributed by atoms with van der Waals surface area (Å²) in [5.74, 6) is 0.0405. The highest BCUT2D eigenvalue weighted by Gasteiger charge is 2.24. The second-order valence-electron chi connectivity index (χ2n) is 4.38. The van der Waals surface area contributed by atoms with Crippen molar-refractivity contribution in [2.75, 3.05) is 25.4 Å². The highest BCUT2D eigenvalue weighted by molar-refractivity contribution is 5.94. The average molecular weight is 237 g/mol. The molecule has 0 aliphatic carbocycles. The van der Waals surface area contributed by atoms with Gasteiger partial charge in [0.15, 0.2) is 0 Å². The molecule has 5 heteroatoms. The normalized spacial score (nSPS) is 20.6. The van der Waals surface area contributed by atoms with Gasteiger partial charge < -0.3 is 19.9 Å². The number of carbonyl (C=O) groups excluding carboxylic acids is 1. The number of hydrogen-bond acceptors (Lipinski definition) is 3. The average Bonchev–Trinajstić information content (AvgIpc) is 2.69. The largest absolute Gasteiger partial charge is 0.397 e. The number of nitrogens with zero attached hydrogens (tertiary/aromatic N) is 2. The fourth-order valence-corrected chi connectivity index (χ4v) is 2.14. The molecule has 0 spiro atoms. The molecule has 1 aliphatic rings. The van der Waals surface area contributed by atoms with Gasteiger partial charge in [-0.1, -0.05) is 0 Å². The molecule has 1 saturated heterocycles. The third kappa shape index (κ3) is 2.44. The van der Waals surface area contributed by atoms with Crippen LogP contribution in [0.25, 0.3) is 0 Å². The van der Waals surface area contributed by atoms with E-state index in [1.807, 2.05) is 23.3 Å². The molecule has 1 aromatic heterocycles. The van der Waals surface area contributed by atoms with Crippen molar-refractivity contribution in [2.24, 2.45) is 0 Å². The summed E-state index contributed by atoms with van der Waals surface area (Å²) < 4.78 is 7.32. The number of aromatic nitrogens is 1. The van der Waals surface area contributed by atoms with Crippen LogP contribution in [0.15, 0.2) is 12.3 Å². The minimum Gasteiger partial charge on any atom is -0.397 e. The Morgan fingerprint density at radius 2 is 2.41 bits per heavy atom. The first-order valence-electron chi connectivity index (χ1n) is 5.98. The van der Waals surface area contributed by atoms with Gasteiger partial charge >= 0.3 is 0 Å². The molecule has 0 bridgehead atoms. The van der Waals surface area contributed by atoms with E-state index >= 15 is 0 Å². The van der Waals surface area contributed by atoms with Crippen LogP contribution in [0.4, 0.5) is 5.69 Å². The summed E-state index contributed by atoms with van der Waals surface area (Å²) in [6.45, 7) is 6.63. The van der Waals surface area contributed by atoms with Gasteiger partial charge in [-0.15, -0.1) is 0 Å². The molecule has 1 amide bonds. The molecule has 17 heavy (non-hydrogen) atoms. The maximum absolute atomic E-state index is 12.3. The first-order chi connectivity index (χ1) is 8.11. The van der Waals surface area contributed by atoms with Crippen molar-refractivity contribution in [3.05, 3.63) is 18.0 Å². The standard InChI is InChI=1S/C12H19N3O2/c1-3-14-8-10(13)6-11(14)12(16)15-4-5-17-9(2)7-15/h6,8-9H,3-5,7,13H2,1-2H3. The van der Waals surface area contributed by atoms with Gasteiger partial charge in [-0.3, -0.25) is 4.79 Å². The van der Waals surface area contributed by atoms with Gasteiger partial charge in [-0.2, -0.15) is 0 Å². The monoisotopic (exact) mass is 237 g/mol. The third-order valence-electron chi connectivity index (χ3n) is 3.01. The van der Waals surface area contributed by atoms with Crippen molar-refractivity contribution in [2.45, 2.75) is 26.5 Å². The molecule has 2 N–H and O–H groups in total. The second-order valence-corrected chi connectivity index (χ2v) is 4.38. The van der Waals surface area contributed by atoms with Crippen LogP contribution in [0.2, 0.25) is 0 Å². The number of anilines is 1. The lowest BCUT2D eigenvalue weighted by Gasteiger charge is -2.31. The van der Waals surface area contributed by atoms with Gasteiger partial charge in [0.1, 0.15) is 5.69 Å². The Labute approximate surface area is 101 Å². The molecule has 1 unspecified atom stereocenters. The van der Waals surface area contributed by atoms with Crippen LogP contribution in [-0.2, 0) is 11.3 Å². The molecular formula is C12H19N3O2. The summed E-state index contributed by atoms with van der Waals surface area (Å²) in [6, 6.07) is 1.74. The van der Waals surface area contributed by atoms with Gasteiger partial charge in [0.25, 0.3) is 5.91 Å². The fraction of sp³-hybridized carbons (Fsp3) is 0.583. The number of hydrogen-bond donors (Lipinski definition) is 1. The fourth-order valence-electron chi connectivity index (χ4n) is 2.14. The molecule has 0 radical (unpaired) electrons. The van der Waals surface area contributed by atoms with Gasteiger partial charge in [0, 0.05) is 25.8 Å². The van der Waals surface area contributed by atoms with Crippen molar-refractivity contribution in [3.8, 4) is 0 Å². The lowest BCUT2D eigenvalue weighted by molar-refractivity contribution is -0.0128. The van der Waals surface area contributed by atoms with Crippen LogP contribution in [0.5, 0.6) is 0 Å². The Kier molecular flexibility index (Phi) is 3.38. The first-order valence-corrected chi connectivity index (χ1v) is 5.98. The van der Waals surface area contributed by atoms with Crippen LogP contribution in [0.1, 0.15) is 24.3 Å². The van der Waals surface area contributed by atoms with E-state index in [1.54, 1.807) is 12.3 Å². The van der Waals surface area contributed by atoms with Crippen LogP contribution < -0.4 is 5.73 Å². The van der Waals surface area contributed by atoms with Crippen LogP contribution in [0, 0.1) is 0 Å². The van der Waals surface area contributed by atoms with E-state index in [9.17, 15) is 4.79 Å². The molecule has 2 heterocycles. The van der Waals surface area contributed by atoms with Crippen LogP contribution >= 0.6 is 0 Å². The third-order valence-corrected chi connectivity index (χ3v) is 3.01. The number of ether oxygens (including phenoxy) is 1. The zero-order valence-electron chi connectivity index (χ0n) is 10.3. The Bertz CT molecular complexity index is 414. The van der Waals surface area contributed by atoms with E-state index in [0.717, 1.165) is 6.54 Å². The molecule has 0 saturated carbocycles. The molecule has 1 aliphatic heterocycles. The molecular weight excluding hydrogens is 218 g/mol. The minimum atomic E-state index is 0.0405. The summed E-state index contributed by atoms with van der Waals surface area (Å²) in [6.07, 6.45) is 1.91. The molecule has 0 aromatic carbocycles. The number of carbonyl (C=O) groups is 1. The van der Waals surface area contributed by atoms with Crippen molar-refractivity contribution in [1.29, 1.82) is 0 Å². The number of nitrogen functional groups attached to an aromatic ring is 1. The summed E-state index contributed by atoms with van der Waals surface area (Å²) >= 11 is 0. The van der Waals surface area contributed by atoms with Crippen molar-refractivity contribution >= 4 is 11.6 Å². The molecule has 5 nitrogen and oxygen atoms in total. The summed E-state index contributed by atoms with van der Waals surface area (Å²) in [5.41, 5.74) is 7.03. The second kappa shape index (κ2) is 4.79. The quantitative estimate of drug-likeness (QED) is 0.833. The van der Waals surface area contributed by atoms with E-state index in [0.29, 0.717) is 31.1 Å². The number of aryl methyl sites for hydroxylation is 1. The Balaban J connectivity index is 2.18. The topological polar surface area (TPSA) is 60.5 Å². The highest BCUT2D eigenvalue weighted by Crippen LogP contribution is 2.15. The van der Waals surface area contributed by atoms with Crippen molar-refractivity contribution < 1.29 is 9.53 Å². The van der Waals surface area contributed by atoms with E-state index in [4.69, 9.17) is 10.5 Å². The minimum absolute atomic E-state index is 0.0405. The van der Waals surface area contributed by atoms with Crippen molar-refractivity contribution in [3.63, 3.8) is 0 Å². The van der Waals surface area contributed by atoms with E-state index in [-0.39, 0.29) is 12.0 Å². The summed E-state index contributed by atoms with van der Waals surface area (Å²) in [5, 5.41) is 0. The van der Waals surface area contributed by atoms with Gasteiger partial charge in [-0.25, -0.2) is 0 Å².